The lowest BCUT2D eigenvalue weighted by atomic mass is 10.2. The highest BCUT2D eigenvalue weighted by Crippen LogP contribution is 2.34. The number of thiocarbonyl (C=S) groups is 1. The van der Waals surface area contributed by atoms with E-state index in [1.165, 1.54) is 4.90 Å². The number of halogens is 1. The van der Waals surface area contributed by atoms with Gasteiger partial charge in [-0.2, -0.15) is 0 Å². The van der Waals surface area contributed by atoms with Gasteiger partial charge in [-0.15, -0.1) is 0 Å². The van der Waals surface area contributed by atoms with Crippen molar-refractivity contribution < 1.29 is 14.0 Å². The molecule has 1 saturated heterocycles. The monoisotopic (exact) mass is 434 g/mol. The number of benzene rings is 1. The van der Waals surface area contributed by atoms with Crippen molar-refractivity contribution in [3.8, 4) is 11.3 Å². The minimum absolute atomic E-state index is 0.0747. The minimum Gasteiger partial charge on any atom is -0.457 e. The van der Waals surface area contributed by atoms with Crippen molar-refractivity contribution in [3.63, 3.8) is 0 Å². The molecular formula is C20H19ClN2O3S2. The van der Waals surface area contributed by atoms with Gasteiger partial charge in [0, 0.05) is 18.2 Å². The molecule has 1 aromatic heterocycles. The number of nitrogens with one attached hydrogen (secondary N) is 1. The third-order valence-corrected chi connectivity index (χ3v) is 5.77. The molecule has 2 amide bonds. The molecule has 0 spiro atoms. The molecule has 146 valence electrons. The Bertz CT molecular complexity index is 939. The molecule has 2 aromatic rings. The number of nitrogens with zero attached hydrogens (tertiary/aromatic N) is 1. The van der Waals surface area contributed by atoms with Crippen LogP contribution in [0, 0.1) is 0 Å². The van der Waals surface area contributed by atoms with E-state index in [9.17, 15) is 9.59 Å². The number of unbranched alkanes of at least 4 members (excludes halogenated alkanes) is 1. The number of thioether (sulfide) groups is 1. The van der Waals surface area contributed by atoms with Gasteiger partial charge < -0.3 is 9.73 Å². The summed E-state index contributed by atoms with van der Waals surface area (Å²) in [5.74, 6) is 0.617. The first-order chi connectivity index (χ1) is 13.5. The van der Waals surface area contributed by atoms with Gasteiger partial charge in [0.1, 0.15) is 22.4 Å². The first-order valence-corrected chi connectivity index (χ1v) is 10.5. The predicted molar refractivity (Wildman–Crippen MR) is 117 cm³/mol. The van der Waals surface area contributed by atoms with E-state index in [1.54, 1.807) is 24.3 Å². The summed E-state index contributed by atoms with van der Waals surface area (Å²) in [6.07, 6.45) is 3.52. The van der Waals surface area contributed by atoms with E-state index in [-0.39, 0.29) is 18.4 Å². The SMILES string of the molecule is CCCCNC(=O)CN1C(=O)C(=Cc2ccc(-c3ccccc3Cl)o2)SC1=S. The van der Waals surface area contributed by atoms with E-state index in [1.807, 2.05) is 25.1 Å². The zero-order valence-corrected chi connectivity index (χ0v) is 17.6. The first kappa shape index (κ1) is 20.6. The molecule has 5 nitrogen and oxygen atoms in total. The Labute approximate surface area is 178 Å². The maximum Gasteiger partial charge on any atom is 0.266 e. The van der Waals surface area contributed by atoms with Crippen LogP contribution in [-0.4, -0.2) is 34.1 Å². The standard InChI is InChI=1S/C20H19ClN2O3S2/c1-2-3-10-22-18(24)12-23-19(25)17(28-20(23)27)11-13-8-9-16(26-13)14-6-4-5-7-15(14)21/h4-9,11H,2-3,10,12H2,1H3,(H,22,24). The molecule has 0 atom stereocenters. The molecule has 0 saturated carbocycles. The quantitative estimate of drug-likeness (QED) is 0.388. The summed E-state index contributed by atoms with van der Waals surface area (Å²) in [4.78, 5) is 26.4. The second-order valence-electron chi connectivity index (χ2n) is 6.15. The summed E-state index contributed by atoms with van der Waals surface area (Å²) < 4.78 is 6.17. The fraction of sp³-hybridized carbons (Fsp3) is 0.250. The van der Waals surface area contributed by atoms with Crippen LogP contribution in [0.3, 0.4) is 0 Å². The molecule has 1 aromatic carbocycles. The maximum atomic E-state index is 12.6. The van der Waals surface area contributed by atoms with Gasteiger partial charge in [0.25, 0.3) is 5.91 Å². The van der Waals surface area contributed by atoms with E-state index in [0.29, 0.717) is 32.3 Å². The zero-order valence-electron chi connectivity index (χ0n) is 15.2. The summed E-state index contributed by atoms with van der Waals surface area (Å²) in [6, 6.07) is 10.9. The van der Waals surface area contributed by atoms with Gasteiger partial charge in [-0.05, 0) is 30.7 Å². The molecule has 1 fully saturated rings. The molecule has 0 radical (unpaired) electrons. The highest BCUT2D eigenvalue weighted by Gasteiger charge is 2.33. The molecule has 0 aliphatic carbocycles. The molecule has 1 aliphatic rings. The van der Waals surface area contributed by atoms with Crippen LogP contribution in [0.4, 0.5) is 0 Å². The topological polar surface area (TPSA) is 62.6 Å². The van der Waals surface area contributed by atoms with Gasteiger partial charge in [0.15, 0.2) is 0 Å². The lowest BCUT2D eigenvalue weighted by Gasteiger charge is -2.13. The lowest BCUT2D eigenvalue weighted by molar-refractivity contribution is -0.128. The van der Waals surface area contributed by atoms with Crippen molar-refractivity contribution in [1.82, 2.24) is 10.2 Å². The average Bonchev–Trinajstić information content (AvgIpc) is 3.23. The van der Waals surface area contributed by atoms with E-state index in [2.05, 4.69) is 5.32 Å². The Morgan fingerprint density at radius 3 is 2.86 bits per heavy atom. The van der Waals surface area contributed by atoms with Gasteiger partial charge in [0.05, 0.1) is 9.93 Å². The summed E-state index contributed by atoms with van der Waals surface area (Å²) in [7, 11) is 0. The maximum absolute atomic E-state index is 12.6. The average molecular weight is 435 g/mol. The number of rotatable bonds is 7. The van der Waals surface area contributed by atoms with Gasteiger partial charge >= 0.3 is 0 Å². The summed E-state index contributed by atoms with van der Waals surface area (Å²) in [6.45, 7) is 2.57. The third-order valence-electron chi connectivity index (χ3n) is 4.07. The molecule has 28 heavy (non-hydrogen) atoms. The largest absolute Gasteiger partial charge is 0.457 e. The highest BCUT2D eigenvalue weighted by molar-refractivity contribution is 8.26. The predicted octanol–water partition coefficient (Wildman–Crippen LogP) is 4.72. The van der Waals surface area contributed by atoms with Crippen LogP contribution in [0.1, 0.15) is 25.5 Å². The Hall–Kier alpha value is -2.09. The van der Waals surface area contributed by atoms with Crippen molar-refractivity contribution in [2.75, 3.05) is 13.1 Å². The third kappa shape index (κ3) is 4.84. The molecular weight excluding hydrogens is 416 g/mol. The van der Waals surface area contributed by atoms with Crippen LogP contribution < -0.4 is 5.32 Å². The smallest absolute Gasteiger partial charge is 0.266 e. The van der Waals surface area contributed by atoms with Crippen LogP contribution in [0.25, 0.3) is 17.4 Å². The van der Waals surface area contributed by atoms with Crippen LogP contribution in [0.15, 0.2) is 45.7 Å². The molecule has 1 aliphatic heterocycles. The number of amides is 2. The summed E-state index contributed by atoms with van der Waals surface area (Å²) in [5, 5.41) is 3.38. The van der Waals surface area contributed by atoms with Crippen molar-refractivity contribution >= 4 is 57.8 Å². The van der Waals surface area contributed by atoms with Crippen molar-refractivity contribution in [3.05, 3.63) is 52.1 Å². The fourth-order valence-corrected chi connectivity index (χ4v) is 4.07. The molecule has 0 bridgehead atoms. The second-order valence-corrected chi connectivity index (χ2v) is 8.24. The Kier molecular flexibility index (Phi) is 6.93. The fourth-order valence-electron chi connectivity index (χ4n) is 2.61. The second kappa shape index (κ2) is 9.41. The van der Waals surface area contributed by atoms with E-state index >= 15 is 0 Å². The van der Waals surface area contributed by atoms with Gasteiger partial charge in [-0.1, -0.05) is 61.1 Å². The van der Waals surface area contributed by atoms with Crippen molar-refractivity contribution in [2.24, 2.45) is 0 Å². The number of carbonyl (C=O) groups is 2. The zero-order chi connectivity index (χ0) is 20.1. The Morgan fingerprint density at radius 2 is 2.11 bits per heavy atom. The molecule has 3 rings (SSSR count). The number of hydrogen-bond acceptors (Lipinski definition) is 5. The minimum atomic E-state index is -0.295. The number of hydrogen-bond donors (Lipinski definition) is 1. The molecule has 1 N–H and O–H groups in total. The number of furan rings is 1. The van der Waals surface area contributed by atoms with Crippen LogP contribution in [-0.2, 0) is 9.59 Å². The summed E-state index contributed by atoms with van der Waals surface area (Å²) >= 11 is 12.6. The van der Waals surface area contributed by atoms with Gasteiger partial charge in [-0.25, -0.2) is 0 Å². The van der Waals surface area contributed by atoms with Crippen molar-refractivity contribution in [1.29, 1.82) is 0 Å². The molecule has 0 unspecified atom stereocenters. The van der Waals surface area contributed by atoms with Crippen molar-refractivity contribution in [2.45, 2.75) is 19.8 Å². The van der Waals surface area contributed by atoms with Crippen LogP contribution in [0.2, 0.25) is 5.02 Å². The van der Waals surface area contributed by atoms with Gasteiger partial charge in [0.2, 0.25) is 5.91 Å². The first-order valence-electron chi connectivity index (χ1n) is 8.86. The van der Waals surface area contributed by atoms with E-state index < -0.39 is 0 Å². The Balaban J connectivity index is 1.70. The molecule has 2 heterocycles. The molecule has 8 heteroatoms. The van der Waals surface area contributed by atoms with Crippen LogP contribution >= 0.6 is 35.6 Å². The lowest BCUT2D eigenvalue weighted by Crippen LogP contribution is -2.39. The summed E-state index contributed by atoms with van der Waals surface area (Å²) in [5.41, 5.74) is 0.778. The van der Waals surface area contributed by atoms with E-state index in [0.717, 1.165) is 30.2 Å². The normalized spacial score (nSPS) is 15.5. The number of carbonyl (C=O) groups excluding carboxylic acids is 2. The van der Waals surface area contributed by atoms with Gasteiger partial charge in [-0.3, -0.25) is 14.5 Å². The highest BCUT2D eigenvalue weighted by atomic mass is 35.5. The van der Waals surface area contributed by atoms with Crippen LogP contribution in [0.5, 0.6) is 0 Å². The Morgan fingerprint density at radius 1 is 1.32 bits per heavy atom. The van der Waals surface area contributed by atoms with E-state index in [4.69, 9.17) is 28.2 Å².